The summed E-state index contributed by atoms with van der Waals surface area (Å²) in [5, 5.41) is 5.69. The number of H-pyrrole nitrogens is 1. The lowest BCUT2D eigenvalue weighted by molar-refractivity contribution is -0.117. The summed E-state index contributed by atoms with van der Waals surface area (Å²) in [4.78, 5) is 20.7. The van der Waals surface area contributed by atoms with Crippen LogP contribution in [0, 0.1) is 6.92 Å². The van der Waals surface area contributed by atoms with Gasteiger partial charge in [0.05, 0.1) is 37.1 Å². The molecule has 0 saturated carbocycles. The molecule has 0 saturated heterocycles. The van der Waals surface area contributed by atoms with Gasteiger partial charge in [-0.25, -0.2) is 4.98 Å². The van der Waals surface area contributed by atoms with Gasteiger partial charge in [0, 0.05) is 29.7 Å². The van der Waals surface area contributed by atoms with Gasteiger partial charge in [-0.15, -0.1) is 0 Å². The molecule has 28 heavy (non-hydrogen) atoms. The maximum absolute atomic E-state index is 12.8. The number of aromatic amines is 1. The zero-order chi connectivity index (χ0) is 20.5. The van der Waals surface area contributed by atoms with Crippen molar-refractivity contribution in [3.8, 4) is 11.3 Å². The van der Waals surface area contributed by atoms with Crippen LogP contribution in [0.3, 0.4) is 0 Å². The topological polar surface area (TPSA) is 83.6 Å². The van der Waals surface area contributed by atoms with Crippen LogP contribution in [-0.4, -0.2) is 57.5 Å². The Labute approximate surface area is 172 Å². The van der Waals surface area contributed by atoms with E-state index in [0.29, 0.717) is 11.3 Å². The van der Waals surface area contributed by atoms with E-state index in [1.54, 1.807) is 31.5 Å². The fraction of sp³-hybridized carbons (Fsp3) is 0.176. The second kappa shape index (κ2) is 7.51. The van der Waals surface area contributed by atoms with Gasteiger partial charge >= 0.3 is 0 Å². The van der Waals surface area contributed by atoms with E-state index in [4.69, 9.17) is 43.0 Å². The predicted molar refractivity (Wildman–Crippen MR) is 112 cm³/mol. The largest absolute Gasteiger partial charge is 0.310 e. The number of nitrogens with one attached hydrogen (secondary N) is 2. The Balaban J connectivity index is 1.86. The minimum Gasteiger partial charge on any atom is -0.310 e. The molecule has 0 bridgehead atoms. The minimum absolute atomic E-state index is 0.236. The third kappa shape index (κ3) is 3.61. The number of carbonyl (C=O) groups is 1. The lowest BCUT2D eigenvalue weighted by Crippen LogP contribution is -2.50. The number of aromatic nitrogens is 4. The number of nitrogens with zero attached hydrogens (tertiary/aromatic N) is 3. The molecule has 3 aromatic heterocycles. The second-order valence-corrected chi connectivity index (χ2v) is 6.76. The van der Waals surface area contributed by atoms with E-state index in [-0.39, 0.29) is 16.5 Å². The Hall–Kier alpha value is -2.47. The Bertz CT molecular complexity index is 993. The Morgan fingerprint density at radius 1 is 1.14 bits per heavy atom. The van der Waals surface area contributed by atoms with Crippen LogP contribution in [0.1, 0.15) is 11.1 Å². The first-order valence-corrected chi connectivity index (χ1v) is 8.56. The second-order valence-electron chi connectivity index (χ2n) is 6.37. The van der Waals surface area contributed by atoms with Crippen molar-refractivity contribution in [2.75, 3.05) is 5.32 Å². The van der Waals surface area contributed by atoms with Crippen LogP contribution in [0.25, 0.3) is 11.3 Å². The maximum Gasteiger partial charge on any atom is 0.214 e. The molecule has 0 unspecified atom stereocenters. The number of hydrogen-bond donors (Lipinski definition) is 2. The van der Waals surface area contributed by atoms with E-state index in [9.17, 15) is 4.79 Å². The SMILES string of the molecule is [B]C([B])(C(=O)Nc1n[nH]c(-c2ccncc2)c1C)C([B])([B])c1ccc(Cl)nc1. The summed E-state index contributed by atoms with van der Waals surface area (Å²) < 4.78 is 0. The molecule has 0 aromatic carbocycles. The summed E-state index contributed by atoms with van der Waals surface area (Å²) in [6.07, 6.45) is 4.61. The van der Waals surface area contributed by atoms with Gasteiger partial charge in [-0.2, -0.15) is 5.10 Å². The van der Waals surface area contributed by atoms with Crippen molar-refractivity contribution in [1.82, 2.24) is 20.2 Å². The molecule has 0 atom stereocenters. The van der Waals surface area contributed by atoms with Crippen molar-refractivity contribution >= 4 is 54.7 Å². The molecular formula is C17H12B4ClN5O. The summed E-state index contributed by atoms with van der Waals surface area (Å²) in [7, 11) is 24.3. The quantitative estimate of drug-likeness (QED) is 0.517. The number of amides is 1. The van der Waals surface area contributed by atoms with Crippen molar-refractivity contribution in [2.45, 2.75) is 17.4 Å². The van der Waals surface area contributed by atoms with Crippen molar-refractivity contribution < 1.29 is 4.79 Å². The number of halogens is 1. The molecule has 1 amide bonds. The highest BCUT2D eigenvalue weighted by atomic mass is 35.5. The molecule has 0 fully saturated rings. The average molecular weight is 381 g/mol. The Kier molecular flexibility index (Phi) is 5.44. The molecule has 2 N–H and O–H groups in total. The Morgan fingerprint density at radius 3 is 2.43 bits per heavy atom. The fourth-order valence-electron chi connectivity index (χ4n) is 2.58. The monoisotopic (exact) mass is 381 g/mol. The van der Waals surface area contributed by atoms with Gasteiger partial charge in [-0.05, 0) is 35.9 Å². The predicted octanol–water partition coefficient (Wildman–Crippen LogP) is 1.41. The van der Waals surface area contributed by atoms with Gasteiger partial charge in [0.1, 0.15) is 5.15 Å². The van der Waals surface area contributed by atoms with Crippen molar-refractivity contribution in [2.24, 2.45) is 0 Å². The molecule has 0 aliphatic carbocycles. The highest BCUT2D eigenvalue weighted by Crippen LogP contribution is 2.39. The highest BCUT2D eigenvalue weighted by Gasteiger charge is 2.42. The lowest BCUT2D eigenvalue weighted by atomic mass is 9.28. The highest BCUT2D eigenvalue weighted by molar-refractivity contribution is 6.62. The van der Waals surface area contributed by atoms with Crippen molar-refractivity contribution in [3.05, 3.63) is 59.1 Å². The molecule has 130 valence electrons. The molecule has 3 rings (SSSR count). The van der Waals surface area contributed by atoms with Crippen LogP contribution in [-0.2, 0) is 10.0 Å². The third-order valence-corrected chi connectivity index (χ3v) is 4.70. The Morgan fingerprint density at radius 2 is 1.82 bits per heavy atom. The number of pyridine rings is 2. The third-order valence-electron chi connectivity index (χ3n) is 4.48. The van der Waals surface area contributed by atoms with E-state index in [1.807, 2.05) is 0 Å². The van der Waals surface area contributed by atoms with Crippen LogP contribution < -0.4 is 5.32 Å². The van der Waals surface area contributed by atoms with Crippen LogP contribution >= 0.6 is 11.6 Å². The van der Waals surface area contributed by atoms with Gasteiger partial charge in [-0.3, -0.25) is 14.9 Å². The standard InChI is InChI=1S/C17H12B4ClN5O/c1-9-13(10-4-6-23-7-5-10)26-27-14(9)25-15(28)17(20,21)16(18,19)11-2-3-12(22)24-8-11/h2-8H,1H3,(H2,25,26,27,28). The van der Waals surface area contributed by atoms with Crippen LogP contribution in [0.5, 0.6) is 0 Å². The first-order chi connectivity index (χ1) is 13.1. The van der Waals surface area contributed by atoms with E-state index < -0.39 is 16.3 Å². The zero-order valence-electron chi connectivity index (χ0n) is 15.0. The van der Waals surface area contributed by atoms with Crippen LogP contribution in [0.15, 0.2) is 42.9 Å². The normalized spacial score (nSPS) is 11.9. The molecule has 11 heteroatoms. The minimum atomic E-state index is -2.18. The average Bonchev–Trinajstić information content (AvgIpc) is 3.03. The van der Waals surface area contributed by atoms with Gasteiger partial charge < -0.3 is 5.32 Å². The molecule has 3 aromatic rings. The van der Waals surface area contributed by atoms with E-state index in [2.05, 4.69) is 25.5 Å². The van der Waals surface area contributed by atoms with Gasteiger partial charge in [0.15, 0.2) is 5.82 Å². The molecule has 6 nitrogen and oxygen atoms in total. The van der Waals surface area contributed by atoms with Crippen molar-refractivity contribution in [1.29, 1.82) is 0 Å². The first kappa shape index (κ1) is 20.3. The molecule has 3 heterocycles. The van der Waals surface area contributed by atoms with Gasteiger partial charge in [0.25, 0.3) is 0 Å². The smallest absolute Gasteiger partial charge is 0.214 e. The summed E-state index contributed by atoms with van der Waals surface area (Å²) in [5.41, 5.74) is 2.49. The van der Waals surface area contributed by atoms with E-state index in [1.165, 1.54) is 18.3 Å². The van der Waals surface area contributed by atoms with Crippen molar-refractivity contribution in [3.63, 3.8) is 0 Å². The summed E-state index contributed by atoms with van der Waals surface area (Å²) >= 11 is 5.77. The van der Waals surface area contributed by atoms with E-state index in [0.717, 1.165) is 5.56 Å². The molecular weight excluding hydrogens is 369 g/mol. The number of carbonyl (C=O) groups excluding carboxylic acids is 1. The number of rotatable bonds is 5. The fourth-order valence-corrected chi connectivity index (χ4v) is 2.69. The number of anilines is 1. The maximum atomic E-state index is 12.8. The van der Waals surface area contributed by atoms with Gasteiger partial charge in [0.2, 0.25) is 5.91 Å². The van der Waals surface area contributed by atoms with Crippen LogP contribution in [0.2, 0.25) is 10.4 Å². The first-order valence-electron chi connectivity index (χ1n) is 8.19. The summed E-state index contributed by atoms with van der Waals surface area (Å²) in [6, 6.07) is 6.58. The molecule has 8 radical (unpaired) electrons. The summed E-state index contributed by atoms with van der Waals surface area (Å²) in [6.45, 7) is 1.78. The van der Waals surface area contributed by atoms with Crippen LogP contribution in [0.4, 0.5) is 5.82 Å². The number of hydrogen-bond acceptors (Lipinski definition) is 4. The summed E-state index contributed by atoms with van der Waals surface area (Å²) in [5.74, 6) is -0.564. The molecule has 0 aliphatic rings. The molecule has 0 spiro atoms. The zero-order valence-corrected chi connectivity index (χ0v) is 15.7. The van der Waals surface area contributed by atoms with E-state index >= 15 is 0 Å². The van der Waals surface area contributed by atoms with Gasteiger partial charge in [-0.1, -0.05) is 22.9 Å². The lowest BCUT2D eigenvalue weighted by Gasteiger charge is -2.42. The molecule has 0 aliphatic heterocycles.